The average molecular weight is 290 g/mol. The first-order valence-electron chi connectivity index (χ1n) is 6.92. The van der Waals surface area contributed by atoms with Crippen LogP contribution in [-0.4, -0.2) is 21.9 Å². The van der Waals surface area contributed by atoms with Crippen LogP contribution in [0.3, 0.4) is 0 Å². The first-order valence-corrected chi connectivity index (χ1v) is 7.45. The Kier molecular flexibility index (Phi) is 5.36. The molecule has 0 aliphatic carbocycles. The number of hydrogen-bond donors (Lipinski definition) is 1. The summed E-state index contributed by atoms with van der Waals surface area (Å²) < 4.78 is 0. The van der Waals surface area contributed by atoms with Gasteiger partial charge in [0.25, 0.3) is 0 Å². The number of rotatable bonds is 6. The zero-order valence-corrected chi connectivity index (χ0v) is 12.7. The number of nitrogens with one attached hydrogen (secondary N) is 1. The van der Waals surface area contributed by atoms with Crippen molar-refractivity contribution in [3.05, 3.63) is 53.5 Å². The minimum atomic E-state index is 0.165. The van der Waals surface area contributed by atoms with Crippen molar-refractivity contribution >= 4 is 17.4 Å². The van der Waals surface area contributed by atoms with E-state index in [0.717, 1.165) is 30.2 Å². The van der Waals surface area contributed by atoms with Crippen molar-refractivity contribution in [2.24, 2.45) is 0 Å². The molecule has 0 aliphatic heterocycles. The van der Waals surface area contributed by atoms with E-state index < -0.39 is 0 Å². The highest BCUT2D eigenvalue weighted by molar-refractivity contribution is 6.18. The first kappa shape index (κ1) is 14.8. The van der Waals surface area contributed by atoms with Crippen LogP contribution in [0.25, 0.3) is 0 Å². The van der Waals surface area contributed by atoms with Gasteiger partial charge >= 0.3 is 0 Å². The fourth-order valence-corrected chi connectivity index (χ4v) is 2.32. The van der Waals surface area contributed by atoms with Gasteiger partial charge < -0.3 is 5.32 Å². The van der Waals surface area contributed by atoms with Crippen LogP contribution in [0.5, 0.6) is 0 Å². The Bertz CT molecular complexity index is 543. The molecule has 3 nitrogen and oxygen atoms in total. The van der Waals surface area contributed by atoms with Gasteiger partial charge in [-0.15, -0.1) is 11.6 Å². The molecule has 0 amide bonds. The number of benzene rings is 1. The van der Waals surface area contributed by atoms with Crippen molar-refractivity contribution in [3.63, 3.8) is 0 Å². The van der Waals surface area contributed by atoms with Crippen LogP contribution in [0.1, 0.15) is 24.0 Å². The lowest BCUT2D eigenvalue weighted by molar-refractivity contribution is 0.786. The van der Waals surface area contributed by atoms with Gasteiger partial charge in [0.05, 0.1) is 0 Å². The molecule has 1 unspecified atom stereocenters. The summed E-state index contributed by atoms with van der Waals surface area (Å²) in [4.78, 5) is 8.82. The molecule has 2 rings (SSSR count). The largest absolute Gasteiger partial charge is 0.366 e. The highest BCUT2D eigenvalue weighted by atomic mass is 35.5. The molecular weight excluding hydrogens is 270 g/mol. The molecule has 0 saturated heterocycles. The molecule has 106 valence electrons. The molecule has 4 heteroatoms. The molecule has 1 N–H and O–H groups in total. The van der Waals surface area contributed by atoms with E-state index in [2.05, 4.69) is 34.3 Å². The lowest BCUT2D eigenvalue weighted by atomic mass is 10.1. The fourth-order valence-electron chi connectivity index (χ4n) is 2.14. The number of anilines is 1. The number of aromatic nitrogens is 2. The molecule has 1 aromatic carbocycles. The number of hydrogen-bond acceptors (Lipinski definition) is 3. The van der Waals surface area contributed by atoms with E-state index in [0.29, 0.717) is 5.88 Å². The van der Waals surface area contributed by atoms with E-state index in [4.69, 9.17) is 11.6 Å². The minimum absolute atomic E-state index is 0.165. The Labute approximate surface area is 125 Å². The van der Waals surface area contributed by atoms with Gasteiger partial charge in [-0.2, -0.15) is 0 Å². The van der Waals surface area contributed by atoms with Crippen LogP contribution in [0.15, 0.2) is 36.4 Å². The standard InChI is InChI=1S/C16H20ClN3/c1-3-14-10-16(19-12(2)18-14)20-15(11-17)9-13-7-5-4-6-8-13/h4-8,10,15H,3,9,11H2,1-2H3,(H,18,19,20). The first-order chi connectivity index (χ1) is 9.71. The van der Waals surface area contributed by atoms with Crippen LogP contribution in [0.2, 0.25) is 0 Å². The Morgan fingerprint density at radius 1 is 1.20 bits per heavy atom. The summed E-state index contributed by atoms with van der Waals surface area (Å²) in [5.74, 6) is 2.19. The number of alkyl halides is 1. The molecule has 0 radical (unpaired) electrons. The second-order valence-electron chi connectivity index (χ2n) is 4.83. The van der Waals surface area contributed by atoms with E-state index in [9.17, 15) is 0 Å². The molecule has 0 bridgehead atoms. The summed E-state index contributed by atoms with van der Waals surface area (Å²) in [6, 6.07) is 12.5. The Balaban J connectivity index is 2.08. The molecule has 1 aromatic heterocycles. The molecule has 0 spiro atoms. The normalized spacial score (nSPS) is 12.2. The average Bonchev–Trinajstić information content (AvgIpc) is 2.47. The second kappa shape index (κ2) is 7.25. The minimum Gasteiger partial charge on any atom is -0.366 e. The van der Waals surface area contributed by atoms with Gasteiger partial charge in [-0.3, -0.25) is 0 Å². The van der Waals surface area contributed by atoms with Gasteiger partial charge in [0.15, 0.2) is 0 Å². The maximum atomic E-state index is 6.07. The smallest absolute Gasteiger partial charge is 0.130 e. The predicted octanol–water partition coefficient (Wildman–Crippen LogP) is 3.61. The highest BCUT2D eigenvalue weighted by Crippen LogP contribution is 2.12. The molecule has 20 heavy (non-hydrogen) atoms. The van der Waals surface area contributed by atoms with Crippen LogP contribution < -0.4 is 5.32 Å². The van der Waals surface area contributed by atoms with Gasteiger partial charge in [0.2, 0.25) is 0 Å². The summed E-state index contributed by atoms with van der Waals surface area (Å²) >= 11 is 6.07. The maximum Gasteiger partial charge on any atom is 0.130 e. The fraction of sp³-hybridized carbons (Fsp3) is 0.375. The summed E-state index contributed by atoms with van der Waals surface area (Å²) in [6.45, 7) is 4.01. The summed E-state index contributed by atoms with van der Waals surface area (Å²) in [5.41, 5.74) is 2.32. The molecule has 1 heterocycles. The van der Waals surface area contributed by atoms with Gasteiger partial charge in [-0.25, -0.2) is 9.97 Å². The maximum absolute atomic E-state index is 6.07. The molecule has 0 aliphatic rings. The van der Waals surface area contributed by atoms with Crippen molar-refractivity contribution in [2.45, 2.75) is 32.7 Å². The molecular formula is C16H20ClN3. The quantitative estimate of drug-likeness (QED) is 0.826. The molecule has 1 atom stereocenters. The van der Waals surface area contributed by atoms with Crippen LogP contribution >= 0.6 is 11.6 Å². The lowest BCUT2D eigenvalue weighted by Crippen LogP contribution is -2.25. The van der Waals surface area contributed by atoms with Crippen molar-refractivity contribution in [1.82, 2.24) is 9.97 Å². The SMILES string of the molecule is CCc1cc(NC(CCl)Cc2ccccc2)nc(C)n1. The van der Waals surface area contributed by atoms with Crippen LogP contribution in [0, 0.1) is 6.92 Å². The van der Waals surface area contributed by atoms with E-state index in [1.807, 2.05) is 31.2 Å². The third-order valence-electron chi connectivity index (χ3n) is 3.12. The van der Waals surface area contributed by atoms with Crippen LogP contribution in [-0.2, 0) is 12.8 Å². The zero-order chi connectivity index (χ0) is 14.4. The van der Waals surface area contributed by atoms with Gasteiger partial charge in [-0.1, -0.05) is 37.3 Å². The second-order valence-corrected chi connectivity index (χ2v) is 5.14. The van der Waals surface area contributed by atoms with Gasteiger partial charge in [-0.05, 0) is 25.3 Å². The zero-order valence-electron chi connectivity index (χ0n) is 11.9. The molecule has 0 fully saturated rings. The van der Waals surface area contributed by atoms with Crippen molar-refractivity contribution in [2.75, 3.05) is 11.2 Å². The Hall–Kier alpha value is -1.61. The van der Waals surface area contributed by atoms with Crippen LogP contribution in [0.4, 0.5) is 5.82 Å². The van der Waals surface area contributed by atoms with Crippen molar-refractivity contribution in [1.29, 1.82) is 0 Å². The van der Waals surface area contributed by atoms with E-state index in [-0.39, 0.29) is 6.04 Å². The third kappa shape index (κ3) is 4.20. The summed E-state index contributed by atoms with van der Waals surface area (Å²) in [7, 11) is 0. The van der Waals surface area contributed by atoms with E-state index >= 15 is 0 Å². The topological polar surface area (TPSA) is 37.8 Å². The van der Waals surface area contributed by atoms with E-state index in [1.165, 1.54) is 5.56 Å². The lowest BCUT2D eigenvalue weighted by Gasteiger charge is -2.17. The van der Waals surface area contributed by atoms with E-state index in [1.54, 1.807) is 0 Å². The molecule has 0 saturated carbocycles. The van der Waals surface area contributed by atoms with Gasteiger partial charge in [0, 0.05) is 23.7 Å². The van der Waals surface area contributed by atoms with Crippen molar-refractivity contribution in [3.8, 4) is 0 Å². The summed E-state index contributed by atoms with van der Waals surface area (Å²) in [6.07, 6.45) is 1.79. The summed E-state index contributed by atoms with van der Waals surface area (Å²) in [5, 5.41) is 3.41. The monoisotopic (exact) mass is 289 g/mol. The Morgan fingerprint density at radius 2 is 1.95 bits per heavy atom. The van der Waals surface area contributed by atoms with Crippen molar-refractivity contribution < 1.29 is 0 Å². The number of halogens is 1. The Morgan fingerprint density at radius 3 is 2.60 bits per heavy atom. The van der Waals surface area contributed by atoms with Gasteiger partial charge in [0.1, 0.15) is 11.6 Å². The number of nitrogens with zero attached hydrogens (tertiary/aromatic N) is 2. The predicted molar refractivity (Wildman–Crippen MR) is 84.4 cm³/mol. The molecule has 2 aromatic rings. The third-order valence-corrected chi connectivity index (χ3v) is 3.49. The number of aryl methyl sites for hydroxylation is 2. The highest BCUT2D eigenvalue weighted by Gasteiger charge is 2.10.